The van der Waals surface area contributed by atoms with Crippen molar-refractivity contribution in [3.63, 3.8) is 0 Å². The van der Waals surface area contributed by atoms with Crippen LogP contribution in [0.5, 0.6) is 0 Å². The van der Waals surface area contributed by atoms with Gasteiger partial charge in [-0.15, -0.1) is 11.8 Å². The van der Waals surface area contributed by atoms with Crippen LogP contribution in [-0.2, 0) is 13.1 Å². The molecule has 0 aliphatic carbocycles. The normalized spacial score (nSPS) is 12.9. The number of anilines is 1. The monoisotopic (exact) mass is 348 g/mol. The number of carbonyl (C=O) groups is 1. The Balaban J connectivity index is 1.54. The third-order valence-corrected chi connectivity index (χ3v) is 5.63. The fraction of sp³-hybridized carbons (Fsp3) is 0.375. The molecule has 0 atom stereocenters. The van der Waals surface area contributed by atoms with Gasteiger partial charge in [-0.05, 0) is 24.3 Å². The Morgan fingerprint density at radius 1 is 1.43 bits per heavy atom. The molecule has 1 aliphatic heterocycles. The summed E-state index contributed by atoms with van der Waals surface area (Å²) >= 11 is 3.51. The summed E-state index contributed by atoms with van der Waals surface area (Å²) < 4.78 is 2.14. The van der Waals surface area contributed by atoms with E-state index in [1.54, 1.807) is 23.5 Å². The van der Waals surface area contributed by atoms with E-state index < -0.39 is 0 Å². The summed E-state index contributed by atoms with van der Waals surface area (Å²) in [6.45, 7) is 3.59. The van der Waals surface area contributed by atoms with Crippen LogP contribution in [0.3, 0.4) is 0 Å². The summed E-state index contributed by atoms with van der Waals surface area (Å²) in [5.74, 6) is 2.13. The van der Waals surface area contributed by atoms with Crippen LogP contribution in [0.4, 0.5) is 10.5 Å². The quantitative estimate of drug-likeness (QED) is 0.779. The van der Waals surface area contributed by atoms with Crippen LogP contribution < -0.4 is 10.6 Å². The van der Waals surface area contributed by atoms with Gasteiger partial charge in [-0.25, -0.2) is 9.78 Å². The molecule has 7 heteroatoms. The summed E-state index contributed by atoms with van der Waals surface area (Å²) in [6.07, 6.45) is 3.12. The van der Waals surface area contributed by atoms with Crippen LogP contribution >= 0.6 is 23.5 Å². The van der Waals surface area contributed by atoms with Gasteiger partial charge in [-0.2, -0.15) is 0 Å². The molecule has 3 rings (SSSR count). The van der Waals surface area contributed by atoms with E-state index >= 15 is 0 Å². The number of hydrogen-bond acceptors (Lipinski definition) is 4. The molecule has 0 saturated heterocycles. The standard InChI is InChI=1S/C16H20N4OS2/c1-2-8-22-14-6-4-3-5-13(14)19-15(21)17-10-12-11-20-7-9-23-16(20)18-12/h3-6,11H,2,7-10H2,1H3,(H2,17,19,21). The van der Waals surface area contributed by atoms with E-state index in [4.69, 9.17) is 0 Å². The second-order valence-corrected chi connectivity index (χ2v) is 7.41. The van der Waals surface area contributed by atoms with Gasteiger partial charge in [0.05, 0.1) is 17.9 Å². The maximum Gasteiger partial charge on any atom is 0.319 e. The Morgan fingerprint density at radius 2 is 2.30 bits per heavy atom. The van der Waals surface area contributed by atoms with E-state index in [9.17, 15) is 4.79 Å². The fourth-order valence-corrected chi connectivity index (χ4v) is 4.13. The number of nitrogens with zero attached hydrogens (tertiary/aromatic N) is 2. The first kappa shape index (κ1) is 16.3. The zero-order valence-corrected chi connectivity index (χ0v) is 14.7. The van der Waals surface area contributed by atoms with Gasteiger partial charge in [0, 0.05) is 23.4 Å². The van der Waals surface area contributed by atoms with Crippen molar-refractivity contribution in [3.05, 3.63) is 36.2 Å². The Bertz CT molecular complexity index is 665. The molecule has 2 N–H and O–H groups in total. The smallest absolute Gasteiger partial charge is 0.319 e. The summed E-state index contributed by atoms with van der Waals surface area (Å²) in [7, 11) is 0. The van der Waals surface area contributed by atoms with E-state index in [0.717, 1.165) is 45.9 Å². The van der Waals surface area contributed by atoms with Crippen LogP contribution in [0.25, 0.3) is 0 Å². The van der Waals surface area contributed by atoms with Crippen LogP contribution in [0.15, 0.2) is 40.5 Å². The summed E-state index contributed by atoms with van der Waals surface area (Å²) in [4.78, 5) is 17.7. The number of aryl methyl sites for hydroxylation is 1. The molecule has 1 aromatic heterocycles. The average molecular weight is 348 g/mol. The number of para-hydroxylation sites is 1. The van der Waals surface area contributed by atoms with Crippen molar-refractivity contribution in [1.29, 1.82) is 0 Å². The predicted octanol–water partition coefficient (Wildman–Crippen LogP) is 3.81. The molecule has 1 aliphatic rings. The van der Waals surface area contributed by atoms with Gasteiger partial charge in [-0.1, -0.05) is 30.8 Å². The predicted molar refractivity (Wildman–Crippen MR) is 96.3 cm³/mol. The number of hydrogen-bond donors (Lipinski definition) is 2. The van der Waals surface area contributed by atoms with E-state index in [1.165, 1.54) is 0 Å². The number of carbonyl (C=O) groups excluding carboxylic acids is 1. The van der Waals surface area contributed by atoms with Crippen molar-refractivity contribution in [3.8, 4) is 0 Å². The molecule has 0 unspecified atom stereocenters. The van der Waals surface area contributed by atoms with Crippen molar-refractivity contribution >= 4 is 35.2 Å². The number of amides is 2. The third-order valence-electron chi connectivity index (χ3n) is 3.38. The minimum absolute atomic E-state index is 0.199. The number of nitrogens with one attached hydrogen (secondary N) is 2. The second kappa shape index (κ2) is 7.79. The number of thioether (sulfide) groups is 2. The summed E-state index contributed by atoms with van der Waals surface area (Å²) in [5.41, 5.74) is 1.75. The Morgan fingerprint density at radius 3 is 3.13 bits per heavy atom. The third kappa shape index (κ3) is 4.23. The number of benzene rings is 1. The molecule has 1 aromatic carbocycles. The van der Waals surface area contributed by atoms with Crippen molar-refractivity contribution in [2.75, 3.05) is 16.8 Å². The number of urea groups is 1. The molecule has 2 amide bonds. The number of fused-ring (bicyclic) bond motifs is 1. The molecule has 122 valence electrons. The Hall–Kier alpha value is -1.60. The molecule has 23 heavy (non-hydrogen) atoms. The Kier molecular flexibility index (Phi) is 5.51. The van der Waals surface area contributed by atoms with Gasteiger partial charge in [0.15, 0.2) is 5.16 Å². The molecule has 0 fully saturated rings. The molecule has 0 spiro atoms. The highest BCUT2D eigenvalue weighted by Gasteiger charge is 2.14. The van der Waals surface area contributed by atoms with Crippen LogP contribution in [-0.4, -0.2) is 27.1 Å². The molecule has 2 aromatic rings. The van der Waals surface area contributed by atoms with E-state index in [2.05, 4.69) is 27.1 Å². The minimum atomic E-state index is -0.199. The van der Waals surface area contributed by atoms with Gasteiger partial charge in [0.1, 0.15) is 0 Å². The lowest BCUT2D eigenvalue weighted by Crippen LogP contribution is -2.28. The maximum atomic E-state index is 12.1. The van der Waals surface area contributed by atoms with Gasteiger partial charge in [0.25, 0.3) is 0 Å². The first-order valence-electron chi connectivity index (χ1n) is 7.72. The number of rotatable bonds is 6. The van der Waals surface area contributed by atoms with Crippen molar-refractivity contribution in [2.24, 2.45) is 0 Å². The highest BCUT2D eigenvalue weighted by molar-refractivity contribution is 7.99. The molecule has 0 radical (unpaired) electrons. The van der Waals surface area contributed by atoms with Crippen LogP contribution in [0.2, 0.25) is 0 Å². The maximum absolute atomic E-state index is 12.1. The van der Waals surface area contributed by atoms with E-state index in [0.29, 0.717) is 6.54 Å². The van der Waals surface area contributed by atoms with Crippen molar-refractivity contribution in [2.45, 2.75) is 36.5 Å². The molecular weight excluding hydrogens is 328 g/mol. The molecule has 0 bridgehead atoms. The van der Waals surface area contributed by atoms with Gasteiger partial charge in [-0.3, -0.25) is 0 Å². The zero-order chi connectivity index (χ0) is 16.1. The molecule has 0 saturated carbocycles. The van der Waals surface area contributed by atoms with E-state index in [1.807, 2.05) is 30.5 Å². The first-order valence-corrected chi connectivity index (χ1v) is 9.69. The summed E-state index contributed by atoms with van der Waals surface area (Å²) in [5, 5.41) is 6.85. The van der Waals surface area contributed by atoms with Crippen LogP contribution in [0.1, 0.15) is 19.0 Å². The highest BCUT2D eigenvalue weighted by Crippen LogP contribution is 2.27. The van der Waals surface area contributed by atoms with Crippen LogP contribution in [0, 0.1) is 0 Å². The summed E-state index contributed by atoms with van der Waals surface area (Å²) in [6, 6.07) is 7.69. The SMILES string of the molecule is CCCSc1ccccc1NC(=O)NCc1cn2c(n1)SCC2. The largest absolute Gasteiger partial charge is 0.332 e. The second-order valence-electron chi connectivity index (χ2n) is 5.21. The van der Waals surface area contributed by atoms with Gasteiger partial charge in [0.2, 0.25) is 0 Å². The Labute approximate surface area is 144 Å². The molecule has 5 nitrogen and oxygen atoms in total. The topological polar surface area (TPSA) is 59.0 Å². The lowest BCUT2D eigenvalue weighted by molar-refractivity contribution is 0.251. The minimum Gasteiger partial charge on any atom is -0.332 e. The lowest BCUT2D eigenvalue weighted by atomic mass is 10.3. The van der Waals surface area contributed by atoms with E-state index in [-0.39, 0.29) is 6.03 Å². The van der Waals surface area contributed by atoms with Gasteiger partial charge >= 0.3 is 6.03 Å². The fourth-order valence-electron chi connectivity index (χ4n) is 2.29. The highest BCUT2D eigenvalue weighted by atomic mass is 32.2. The molecular formula is C16H20N4OS2. The lowest BCUT2D eigenvalue weighted by Gasteiger charge is -2.11. The molecule has 2 heterocycles. The van der Waals surface area contributed by atoms with Crippen molar-refractivity contribution in [1.82, 2.24) is 14.9 Å². The average Bonchev–Trinajstić information content (AvgIpc) is 3.13. The van der Waals surface area contributed by atoms with Crippen molar-refractivity contribution < 1.29 is 4.79 Å². The zero-order valence-electron chi connectivity index (χ0n) is 13.0. The first-order chi connectivity index (χ1) is 11.3. The van der Waals surface area contributed by atoms with Gasteiger partial charge < -0.3 is 15.2 Å². The number of imidazole rings is 1. The number of aromatic nitrogens is 2.